The number of hydrogen-bond donors (Lipinski definition) is 3. The number of nitrogens with zero attached hydrogens (tertiary/aromatic N) is 3. The number of ether oxygens (including phenoxy) is 2. The van der Waals surface area contributed by atoms with Crippen molar-refractivity contribution in [2.24, 2.45) is 0 Å². The lowest BCUT2D eigenvalue weighted by molar-refractivity contribution is -0.155. The van der Waals surface area contributed by atoms with Crippen LogP contribution in [0, 0.1) is 11.3 Å². The van der Waals surface area contributed by atoms with Gasteiger partial charge in [-0.15, -0.1) is 0 Å². The Bertz CT molecular complexity index is 610. The average molecular weight is 296 g/mol. The van der Waals surface area contributed by atoms with E-state index in [0.29, 0.717) is 0 Å². The van der Waals surface area contributed by atoms with Gasteiger partial charge in [0.2, 0.25) is 0 Å². The molecule has 1 aliphatic rings. The van der Waals surface area contributed by atoms with Gasteiger partial charge in [0.1, 0.15) is 24.8 Å². The van der Waals surface area contributed by atoms with Crippen LogP contribution in [-0.4, -0.2) is 44.9 Å². The normalized spacial score (nSPS) is 30.0. The number of aromatic nitrogens is 2. The average Bonchev–Trinajstić information content (AvgIpc) is 2.79. The highest BCUT2D eigenvalue weighted by atomic mass is 16.6. The predicted molar refractivity (Wildman–Crippen MR) is 69.6 cm³/mol. The van der Waals surface area contributed by atoms with Crippen LogP contribution in [-0.2, 0) is 15.2 Å². The van der Waals surface area contributed by atoms with Crippen LogP contribution in [0.1, 0.15) is 13.3 Å². The van der Waals surface area contributed by atoms with Crippen LogP contribution in [0.25, 0.3) is 0 Å². The summed E-state index contributed by atoms with van der Waals surface area (Å²) in [5.74, 6) is 0.00837. The highest BCUT2D eigenvalue weighted by Crippen LogP contribution is 2.37. The van der Waals surface area contributed by atoms with Gasteiger partial charge in [-0.2, -0.15) is 10.2 Å². The van der Waals surface area contributed by atoms with Crippen molar-refractivity contribution in [3.05, 3.63) is 22.7 Å². The number of hydrogen-bond acceptors (Lipinski definition) is 8. The van der Waals surface area contributed by atoms with E-state index in [1.807, 2.05) is 6.07 Å². The number of nitrogens with two attached hydrogens (primary N) is 1. The molecule has 0 spiro atoms. The van der Waals surface area contributed by atoms with Crippen molar-refractivity contribution in [3.8, 4) is 6.07 Å². The molecule has 1 aliphatic heterocycles. The maximum absolute atomic E-state index is 12.0. The molecule has 1 aromatic heterocycles. The van der Waals surface area contributed by atoms with E-state index in [2.05, 4.69) is 4.98 Å². The predicted octanol–water partition coefficient (Wildman–Crippen LogP) is -1.49. The zero-order valence-electron chi connectivity index (χ0n) is 11.3. The van der Waals surface area contributed by atoms with Crippen LogP contribution >= 0.6 is 0 Å². The lowest BCUT2D eigenvalue weighted by Crippen LogP contribution is -2.49. The lowest BCUT2D eigenvalue weighted by atomic mass is 10.0. The summed E-state index contributed by atoms with van der Waals surface area (Å²) in [5, 5.41) is 28.1. The largest absolute Gasteiger partial charge is 0.391 e. The molecule has 4 atom stereocenters. The highest BCUT2D eigenvalue weighted by molar-refractivity contribution is 5.25. The van der Waals surface area contributed by atoms with Gasteiger partial charge in [-0.25, -0.2) is 4.79 Å². The van der Waals surface area contributed by atoms with Gasteiger partial charge in [-0.05, 0) is 13.0 Å². The van der Waals surface area contributed by atoms with Gasteiger partial charge in [-0.1, -0.05) is 0 Å². The van der Waals surface area contributed by atoms with Crippen molar-refractivity contribution >= 4 is 5.82 Å². The number of aliphatic hydroxyl groups excluding tert-OH is 2. The molecule has 0 aliphatic carbocycles. The Morgan fingerprint density at radius 2 is 2.52 bits per heavy atom. The van der Waals surface area contributed by atoms with Gasteiger partial charge in [0, 0.05) is 12.6 Å². The molecule has 0 radical (unpaired) electrons. The quantitative estimate of drug-likeness (QED) is 0.570. The summed E-state index contributed by atoms with van der Waals surface area (Å²) < 4.78 is 11.6. The summed E-state index contributed by atoms with van der Waals surface area (Å²) in [7, 11) is 0. The molecule has 2 rings (SSSR count). The Morgan fingerprint density at radius 3 is 3.05 bits per heavy atom. The molecule has 0 amide bonds. The number of anilines is 1. The van der Waals surface area contributed by atoms with E-state index in [4.69, 9.17) is 20.3 Å². The molecule has 114 valence electrons. The zero-order valence-corrected chi connectivity index (χ0v) is 11.3. The van der Waals surface area contributed by atoms with Crippen molar-refractivity contribution in [1.29, 1.82) is 5.26 Å². The van der Waals surface area contributed by atoms with Gasteiger partial charge in [0.15, 0.2) is 0 Å². The second kappa shape index (κ2) is 5.79. The van der Waals surface area contributed by atoms with Gasteiger partial charge in [0.25, 0.3) is 5.72 Å². The second-order valence-electron chi connectivity index (χ2n) is 4.73. The molecular weight excluding hydrogens is 280 g/mol. The molecule has 21 heavy (non-hydrogen) atoms. The summed E-state index contributed by atoms with van der Waals surface area (Å²) in [6.07, 6.45) is -1.11. The van der Waals surface area contributed by atoms with Crippen molar-refractivity contribution in [3.63, 3.8) is 0 Å². The first kappa shape index (κ1) is 15.4. The minimum Gasteiger partial charge on any atom is -0.391 e. The summed E-state index contributed by atoms with van der Waals surface area (Å²) in [4.78, 5) is 15.5. The minimum atomic E-state index is -1.82. The van der Waals surface area contributed by atoms with E-state index in [1.165, 1.54) is 19.2 Å². The van der Waals surface area contributed by atoms with E-state index in [1.54, 1.807) is 0 Å². The van der Waals surface area contributed by atoms with Crippen LogP contribution in [0.3, 0.4) is 0 Å². The molecule has 1 aromatic rings. The molecular formula is C12H16N4O5. The van der Waals surface area contributed by atoms with E-state index in [-0.39, 0.29) is 12.2 Å². The van der Waals surface area contributed by atoms with Crippen LogP contribution in [0.15, 0.2) is 17.1 Å². The lowest BCUT2D eigenvalue weighted by Gasteiger charge is -2.28. The number of nitriles is 1. The van der Waals surface area contributed by atoms with Crippen molar-refractivity contribution in [2.75, 3.05) is 12.5 Å². The molecule has 0 saturated carbocycles. The summed E-state index contributed by atoms with van der Waals surface area (Å²) >= 11 is 0. The van der Waals surface area contributed by atoms with Crippen molar-refractivity contribution in [2.45, 2.75) is 37.4 Å². The highest BCUT2D eigenvalue weighted by Gasteiger charge is 2.53. The Hall–Kier alpha value is -1.99. The Balaban J connectivity index is 2.52. The van der Waals surface area contributed by atoms with Gasteiger partial charge >= 0.3 is 5.69 Å². The maximum atomic E-state index is 12.0. The van der Waals surface area contributed by atoms with Gasteiger partial charge in [-0.3, -0.25) is 4.57 Å². The summed E-state index contributed by atoms with van der Waals surface area (Å²) in [6.45, 7) is 0.846. The molecule has 9 heteroatoms. The number of aliphatic hydroxyl groups is 2. The first-order valence-electron chi connectivity index (χ1n) is 6.30. The Morgan fingerprint density at radius 1 is 1.81 bits per heavy atom. The van der Waals surface area contributed by atoms with Crippen LogP contribution in [0.2, 0.25) is 0 Å². The number of nitrogen functional groups attached to an aromatic ring is 1. The van der Waals surface area contributed by atoms with E-state index in [0.717, 1.165) is 4.57 Å². The number of rotatable bonds is 4. The van der Waals surface area contributed by atoms with Crippen LogP contribution < -0.4 is 11.4 Å². The first-order chi connectivity index (χ1) is 9.94. The third kappa shape index (κ3) is 2.62. The standard InChI is InChI=1S/C12H16N4O5/c1-7(18)8-4-9(20-6-17)12(5-13,21-8)16-3-2-10(14)15-11(16)19/h2-3,7-9,17-18H,4,6H2,1H3,(H2,14,15,19)/t7-,8+,9-,12-/m1/s1. The minimum absolute atomic E-state index is 0.00837. The van der Waals surface area contributed by atoms with E-state index < -0.39 is 36.5 Å². The van der Waals surface area contributed by atoms with Crippen molar-refractivity contribution < 1.29 is 19.7 Å². The van der Waals surface area contributed by atoms with Gasteiger partial charge in [0.05, 0.1) is 12.2 Å². The molecule has 1 fully saturated rings. The Kier molecular flexibility index (Phi) is 4.24. The SMILES string of the molecule is C[C@@H](O)[C@@H]1C[C@@H](OCO)[C@](C#N)(n2ccc(N)nc2=O)O1. The van der Waals surface area contributed by atoms with Crippen molar-refractivity contribution in [1.82, 2.24) is 9.55 Å². The molecule has 2 heterocycles. The second-order valence-corrected chi connectivity index (χ2v) is 4.73. The third-order valence-corrected chi connectivity index (χ3v) is 3.37. The summed E-state index contributed by atoms with van der Waals surface area (Å²) in [6, 6.07) is 3.23. The van der Waals surface area contributed by atoms with E-state index >= 15 is 0 Å². The third-order valence-electron chi connectivity index (χ3n) is 3.37. The molecule has 4 N–H and O–H groups in total. The monoisotopic (exact) mass is 296 g/mol. The molecule has 0 bridgehead atoms. The van der Waals surface area contributed by atoms with Gasteiger partial charge < -0.3 is 25.4 Å². The molecule has 0 aromatic carbocycles. The molecule has 1 saturated heterocycles. The fraction of sp³-hybridized carbons (Fsp3) is 0.583. The fourth-order valence-electron chi connectivity index (χ4n) is 2.33. The zero-order chi connectivity index (χ0) is 15.6. The smallest absolute Gasteiger partial charge is 0.352 e. The maximum Gasteiger partial charge on any atom is 0.352 e. The summed E-state index contributed by atoms with van der Waals surface area (Å²) in [5.41, 5.74) is 2.82. The van der Waals surface area contributed by atoms with E-state index in [9.17, 15) is 15.2 Å². The Labute approximate surface area is 120 Å². The fourth-order valence-corrected chi connectivity index (χ4v) is 2.33. The van der Waals surface area contributed by atoms with Crippen LogP contribution in [0.5, 0.6) is 0 Å². The topological polar surface area (TPSA) is 144 Å². The van der Waals surface area contributed by atoms with Crippen LogP contribution in [0.4, 0.5) is 5.82 Å². The molecule has 9 nitrogen and oxygen atoms in total. The molecule has 0 unspecified atom stereocenters. The first-order valence-corrected chi connectivity index (χ1v) is 6.30.